The molecule has 1 aromatic carbocycles. The maximum absolute atomic E-state index is 10.7. The van der Waals surface area contributed by atoms with Gasteiger partial charge in [-0.15, -0.1) is 0 Å². The highest BCUT2D eigenvalue weighted by Crippen LogP contribution is 2.26. The zero-order chi connectivity index (χ0) is 12.0. The summed E-state index contributed by atoms with van der Waals surface area (Å²) >= 11 is 11.5. The Bertz CT molecular complexity index is 371. The Morgan fingerprint density at radius 1 is 1.38 bits per heavy atom. The molecule has 2 N–H and O–H groups in total. The number of carbonyl (C=O) groups is 1. The number of aliphatic hydroxyl groups is 1. The Balaban J connectivity index is 2.32. The second-order valence-electron chi connectivity index (χ2n) is 2.93. The van der Waals surface area contributed by atoms with Gasteiger partial charge in [0, 0.05) is 6.07 Å². The summed E-state index contributed by atoms with van der Waals surface area (Å²) in [5.41, 5.74) is 0. The second-order valence-corrected chi connectivity index (χ2v) is 3.75. The average Bonchev–Trinajstić information content (AvgIpc) is 2.28. The molecule has 0 aliphatic rings. The van der Waals surface area contributed by atoms with Gasteiger partial charge in [0.05, 0.1) is 16.6 Å². The number of rotatable bonds is 5. The molecule has 0 spiro atoms. The number of hydrogen-bond donors (Lipinski definition) is 2. The van der Waals surface area contributed by atoms with Gasteiger partial charge < -0.3 is 15.2 Å². The molecule has 1 rings (SSSR count). The summed E-state index contributed by atoms with van der Waals surface area (Å²) in [5, 5.41) is 11.8. The van der Waals surface area contributed by atoms with E-state index in [9.17, 15) is 4.79 Å². The zero-order valence-electron chi connectivity index (χ0n) is 8.37. The molecule has 0 aliphatic heterocycles. The van der Waals surface area contributed by atoms with Crippen molar-refractivity contribution in [2.45, 2.75) is 0 Å². The first-order chi connectivity index (χ1) is 7.63. The molecule has 0 atom stereocenters. The first-order valence-corrected chi connectivity index (χ1v) is 5.34. The van der Waals surface area contributed by atoms with E-state index in [4.69, 9.17) is 33.0 Å². The highest BCUT2D eigenvalue weighted by molar-refractivity contribution is 6.42. The van der Waals surface area contributed by atoms with Gasteiger partial charge in [0.1, 0.15) is 19.0 Å². The van der Waals surface area contributed by atoms with Crippen LogP contribution in [0.5, 0.6) is 5.75 Å². The van der Waals surface area contributed by atoms with Crippen LogP contribution in [0.15, 0.2) is 18.2 Å². The molecule has 0 saturated heterocycles. The van der Waals surface area contributed by atoms with E-state index in [2.05, 4.69) is 5.32 Å². The first-order valence-electron chi connectivity index (χ1n) is 4.59. The smallest absolute Gasteiger partial charge is 0.245 e. The number of benzene rings is 1. The summed E-state index contributed by atoms with van der Waals surface area (Å²) in [4.78, 5) is 10.7. The molecular weight excluding hydrogens is 253 g/mol. The van der Waals surface area contributed by atoms with Gasteiger partial charge in [0.25, 0.3) is 0 Å². The summed E-state index contributed by atoms with van der Waals surface area (Å²) in [6.45, 7) is 0.0934. The summed E-state index contributed by atoms with van der Waals surface area (Å²) in [6, 6.07) is 4.91. The Morgan fingerprint density at radius 3 is 2.75 bits per heavy atom. The molecule has 16 heavy (non-hydrogen) atoms. The summed E-state index contributed by atoms with van der Waals surface area (Å²) in [6.07, 6.45) is 0. The minimum atomic E-state index is -0.521. The van der Waals surface area contributed by atoms with Gasteiger partial charge in [-0.25, -0.2) is 0 Å². The largest absolute Gasteiger partial charge is 0.492 e. The fraction of sp³-hybridized carbons (Fsp3) is 0.300. The van der Waals surface area contributed by atoms with Gasteiger partial charge in [-0.05, 0) is 12.1 Å². The Labute approximate surface area is 103 Å². The third-order valence-corrected chi connectivity index (χ3v) is 2.47. The van der Waals surface area contributed by atoms with Crippen molar-refractivity contribution >= 4 is 29.1 Å². The number of ether oxygens (including phenoxy) is 1. The van der Waals surface area contributed by atoms with E-state index in [0.717, 1.165) is 0 Å². The number of carbonyl (C=O) groups excluding carboxylic acids is 1. The van der Waals surface area contributed by atoms with Crippen molar-refractivity contribution in [3.8, 4) is 5.75 Å². The average molecular weight is 264 g/mol. The van der Waals surface area contributed by atoms with E-state index in [1.165, 1.54) is 0 Å². The molecule has 1 amide bonds. The fourth-order valence-electron chi connectivity index (χ4n) is 0.982. The van der Waals surface area contributed by atoms with Crippen molar-refractivity contribution < 1.29 is 14.6 Å². The first kappa shape index (κ1) is 13.1. The number of amides is 1. The van der Waals surface area contributed by atoms with Crippen molar-refractivity contribution in [1.29, 1.82) is 0 Å². The minimum absolute atomic E-state index is 0.295. The molecule has 0 radical (unpaired) electrons. The lowest BCUT2D eigenvalue weighted by atomic mass is 10.3. The molecule has 0 aliphatic carbocycles. The van der Waals surface area contributed by atoms with Crippen molar-refractivity contribution in [1.82, 2.24) is 5.32 Å². The summed E-state index contributed by atoms with van der Waals surface area (Å²) < 4.78 is 5.30. The van der Waals surface area contributed by atoms with Crippen LogP contribution in [0, 0.1) is 0 Å². The van der Waals surface area contributed by atoms with E-state index >= 15 is 0 Å². The highest BCUT2D eigenvalue weighted by atomic mass is 35.5. The van der Waals surface area contributed by atoms with Crippen LogP contribution in [0.3, 0.4) is 0 Å². The van der Waals surface area contributed by atoms with Crippen molar-refractivity contribution in [2.24, 2.45) is 0 Å². The minimum Gasteiger partial charge on any atom is -0.492 e. The van der Waals surface area contributed by atoms with Crippen molar-refractivity contribution in [2.75, 3.05) is 19.8 Å². The fourth-order valence-corrected chi connectivity index (χ4v) is 1.27. The van der Waals surface area contributed by atoms with Gasteiger partial charge >= 0.3 is 0 Å². The molecule has 0 aromatic heterocycles. The maximum atomic E-state index is 10.7. The monoisotopic (exact) mass is 263 g/mol. The molecule has 88 valence electrons. The normalized spacial score (nSPS) is 9.94. The molecule has 0 saturated carbocycles. The molecule has 0 bridgehead atoms. The predicted octanol–water partition coefficient (Wildman–Crippen LogP) is 1.48. The van der Waals surface area contributed by atoms with E-state index < -0.39 is 12.5 Å². The molecule has 0 heterocycles. The Kier molecular flexibility index (Phi) is 5.38. The van der Waals surface area contributed by atoms with Crippen LogP contribution >= 0.6 is 23.2 Å². The Morgan fingerprint density at radius 2 is 2.12 bits per heavy atom. The van der Waals surface area contributed by atoms with Gasteiger partial charge in [-0.1, -0.05) is 23.2 Å². The van der Waals surface area contributed by atoms with Crippen LogP contribution in [0.4, 0.5) is 0 Å². The van der Waals surface area contributed by atoms with E-state index in [-0.39, 0.29) is 0 Å². The second kappa shape index (κ2) is 6.58. The number of halogens is 2. The molecule has 1 aromatic rings. The summed E-state index contributed by atoms with van der Waals surface area (Å²) in [7, 11) is 0. The topological polar surface area (TPSA) is 58.6 Å². The van der Waals surface area contributed by atoms with Crippen LogP contribution in [-0.2, 0) is 4.79 Å². The van der Waals surface area contributed by atoms with Crippen LogP contribution in [-0.4, -0.2) is 30.8 Å². The highest BCUT2D eigenvalue weighted by Gasteiger charge is 2.01. The Hall–Kier alpha value is -0.970. The molecule has 4 nitrogen and oxygen atoms in total. The van der Waals surface area contributed by atoms with Gasteiger partial charge in [0.15, 0.2) is 0 Å². The third-order valence-electron chi connectivity index (χ3n) is 1.73. The quantitative estimate of drug-likeness (QED) is 0.792. The maximum Gasteiger partial charge on any atom is 0.245 e. The van der Waals surface area contributed by atoms with E-state index in [1.807, 2.05) is 0 Å². The lowest BCUT2D eigenvalue weighted by molar-refractivity contribution is -0.123. The molecule has 0 unspecified atom stereocenters. The SMILES string of the molecule is O=C(CO)NCCOc1ccc(Cl)c(Cl)c1. The van der Waals surface area contributed by atoms with Gasteiger partial charge in [-0.2, -0.15) is 0 Å². The molecule has 0 fully saturated rings. The van der Waals surface area contributed by atoms with E-state index in [0.29, 0.717) is 28.9 Å². The number of nitrogens with one attached hydrogen (secondary N) is 1. The van der Waals surface area contributed by atoms with Crippen LogP contribution < -0.4 is 10.1 Å². The molecular formula is C10H11Cl2NO3. The number of aliphatic hydroxyl groups excluding tert-OH is 1. The number of hydrogen-bond acceptors (Lipinski definition) is 3. The third kappa shape index (κ3) is 4.26. The van der Waals surface area contributed by atoms with Crippen LogP contribution in [0.1, 0.15) is 0 Å². The van der Waals surface area contributed by atoms with Crippen molar-refractivity contribution in [3.05, 3.63) is 28.2 Å². The van der Waals surface area contributed by atoms with Crippen molar-refractivity contribution in [3.63, 3.8) is 0 Å². The lowest BCUT2D eigenvalue weighted by Crippen LogP contribution is -2.30. The molecule has 6 heteroatoms. The zero-order valence-corrected chi connectivity index (χ0v) is 9.88. The van der Waals surface area contributed by atoms with Crippen LogP contribution in [0.25, 0.3) is 0 Å². The van der Waals surface area contributed by atoms with Gasteiger partial charge in [-0.3, -0.25) is 4.79 Å². The standard InChI is InChI=1S/C10H11Cl2NO3/c11-8-2-1-7(5-9(8)12)16-4-3-13-10(15)6-14/h1-2,5,14H,3-4,6H2,(H,13,15). The lowest BCUT2D eigenvalue weighted by Gasteiger charge is -2.07. The predicted molar refractivity (Wildman–Crippen MR) is 62.1 cm³/mol. The van der Waals surface area contributed by atoms with Crippen LogP contribution in [0.2, 0.25) is 10.0 Å². The van der Waals surface area contributed by atoms with E-state index in [1.54, 1.807) is 18.2 Å². The van der Waals surface area contributed by atoms with Gasteiger partial charge in [0.2, 0.25) is 5.91 Å². The summed E-state index contributed by atoms with van der Waals surface area (Å²) in [5.74, 6) is 0.144.